The van der Waals surface area contributed by atoms with E-state index >= 15 is 4.39 Å². The number of nitrogens with two attached hydrogens (primary N) is 1. The van der Waals surface area contributed by atoms with Gasteiger partial charge >= 0.3 is 12.0 Å². The largest absolute Gasteiger partial charge is 0.461 e. The Balaban J connectivity index is 0.000000193. The highest BCUT2D eigenvalue weighted by molar-refractivity contribution is 7.23. The number of benzene rings is 3. The maximum absolute atomic E-state index is 17.2. The van der Waals surface area contributed by atoms with Gasteiger partial charge in [-0.1, -0.05) is 38.1 Å². The molecule has 4 aromatic heterocycles. The van der Waals surface area contributed by atoms with Crippen LogP contribution >= 0.6 is 22.9 Å². The lowest BCUT2D eigenvalue weighted by Gasteiger charge is -2.42. The van der Waals surface area contributed by atoms with Crippen LogP contribution in [-0.4, -0.2) is 116 Å². The van der Waals surface area contributed by atoms with Gasteiger partial charge in [-0.3, -0.25) is 19.3 Å². The van der Waals surface area contributed by atoms with Crippen LogP contribution in [0.5, 0.6) is 6.01 Å². The van der Waals surface area contributed by atoms with Crippen molar-refractivity contribution in [1.82, 2.24) is 29.3 Å². The van der Waals surface area contributed by atoms with E-state index in [1.807, 2.05) is 18.7 Å². The number of carbonyl (C=O) groups excluding carboxylic acids is 3. The fourth-order valence-electron chi connectivity index (χ4n) is 12.5. The molecular formula is C58H56ClF3N10O8S. The SMILES string of the molecule is C=C(C(=O)N1C2CCC1CN(c1nc(OCC34CCCN3CCC4)nc3c(F)c(-c4ccc(F)c5sc(N)c(C#N)c45)c(Cl)cc13)C2)C(C)OC.CC.O=CNc1cc2cc3c(nc2cc1F)-c1cc2c(c(=O)n1C3)COC(=O)C2O. The molecule has 4 N–H and O–H groups in total. The second-order valence-corrected chi connectivity index (χ2v) is 22.2. The third-order valence-electron chi connectivity index (χ3n) is 16.5. The van der Waals surface area contributed by atoms with Gasteiger partial charge in [-0.15, -0.1) is 11.3 Å². The zero-order valence-electron chi connectivity index (χ0n) is 44.7. The molecule has 0 aliphatic carbocycles. The second-order valence-electron chi connectivity index (χ2n) is 20.8. The van der Waals surface area contributed by atoms with Crippen LogP contribution in [0, 0.1) is 28.8 Å². The van der Waals surface area contributed by atoms with Crippen molar-refractivity contribution in [3.05, 3.63) is 110 Å². The molecule has 6 aliphatic rings. The number of aliphatic hydroxyl groups is 1. The van der Waals surface area contributed by atoms with Gasteiger partial charge in [-0.05, 0) is 94.4 Å². The molecule has 4 saturated heterocycles. The Morgan fingerprint density at radius 3 is 2.49 bits per heavy atom. The number of amides is 2. The number of rotatable bonds is 10. The molecule has 2 amide bonds. The standard InChI is InChI=1S/C37H38ClF2N7O3S.C19H12FN3O5.C2H6/c1-19(20(2)49-3)35(48)47-21-6-7-22(47)17-45(16-21)34-24-14-26(38)29(23-8-9-27(39)32-28(23)25(15-41)33(42)51-32)30(40)31(24)43-36(44-34)50-18-37-10-4-12-46(37)13-5-11-37;20-12-4-13-8(2-14(12)21-7-24)1-9-5-23-15(16(9)22-13)3-10-11(18(23)26)6-28-19(27)17(10)25;1-2/h8-9,14,20-22H,1,4-7,10-13,16-18,42H2,2-3H3;1-4,7,17,25H,5-6H2,(H,21,24);1-2H3. The maximum atomic E-state index is 17.2. The molecule has 18 nitrogen and oxygen atoms in total. The van der Waals surface area contributed by atoms with Crippen LogP contribution in [0.25, 0.3) is 54.4 Å². The lowest BCUT2D eigenvalue weighted by atomic mass is 9.95. The fourth-order valence-corrected chi connectivity index (χ4v) is 13.7. The Bertz CT molecular complexity index is 3880. The molecule has 4 unspecified atom stereocenters. The number of methoxy groups -OCH3 is 1. The second kappa shape index (κ2) is 21.7. The third kappa shape index (κ3) is 9.28. The van der Waals surface area contributed by atoms with Gasteiger partial charge in [0.1, 0.15) is 47.3 Å². The highest BCUT2D eigenvalue weighted by Crippen LogP contribution is 2.47. The molecule has 81 heavy (non-hydrogen) atoms. The zero-order chi connectivity index (χ0) is 57.3. The van der Waals surface area contributed by atoms with Crippen LogP contribution in [0.4, 0.5) is 29.7 Å². The molecular weight excluding hydrogens is 1090 g/mol. The van der Waals surface area contributed by atoms with Crippen molar-refractivity contribution in [2.75, 3.05) is 55.8 Å². The normalized spacial score (nSPS) is 19.6. The number of hydrogen-bond donors (Lipinski definition) is 3. The summed E-state index contributed by atoms with van der Waals surface area (Å²) < 4.78 is 64.5. The first kappa shape index (κ1) is 55.2. The van der Waals surface area contributed by atoms with Gasteiger partial charge in [0.15, 0.2) is 11.9 Å². The molecule has 420 valence electrons. The van der Waals surface area contributed by atoms with E-state index in [4.69, 9.17) is 36.5 Å². The number of aliphatic hydroxyl groups excluding tert-OH is 1. The van der Waals surface area contributed by atoms with Gasteiger partial charge in [0.25, 0.3) is 11.5 Å². The molecule has 10 heterocycles. The number of nitrogen functional groups attached to an aromatic ring is 1. The van der Waals surface area contributed by atoms with E-state index in [1.165, 1.54) is 28.8 Å². The molecule has 0 spiro atoms. The Hall–Kier alpha value is -7.68. The van der Waals surface area contributed by atoms with Crippen LogP contribution in [-0.2, 0) is 37.0 Å². The minimum absolute atomic E-state index is 0.00562. The number of nitrogens with zero attached hydrogens (tertiary/aromatic N) is 8. The first-order chi connectivity index (χ1) is 39.0. The van der Waals surface area contributed by atoms with Crippen molar-refractivity contribution in [2.24, 2.45) is 0 Å². The maximum Gasteiger partial charge on any atom is 0.340 e. The zero-order valence-corrected chi connectivity index (χ0v) is 46.3. The Morgan fingerprint density at radius 1 is 1.07 bits per heavy atom. The average molecular weight is 1150 g/mol. The number of cyclic esters (lactones) is 1. The summed E-state index contributed by atoms with van der Waals surface area (Å²) >= 11 is 7.86. The Labute approximate surface area is 471 Å². The third-order valence-corrected chi connectivity index (χ3v) is 17.9. The summed E-state index contributed by atoms with van der Waals surface area (Å²) in [6.45, 7) is 13.2. The molecule has 6 aliphatic heterocycles. The highest BCUT2D eigenvalue weighted by Gasteiger charge is 2.47. The summed E-state index contributed by atoms with van der Waals surface area (Å²) in [4.78, 5) is 69.2. The number of hydrogen-bond acceptors (Lipinski definition) is 16. The number of aromatic nitrogens is 4. The van der Waals surface area contributed by atoms with Crippen LogP contribution in [0.1, 0.15) is 87.7 Å². The molecule has 4 atom stereocenters. The first-order valence-electron chi connectivity index (χ1n) is 26.8. The monoisotopic (exact) mass is 1140 g/mol. The fraction of sp³-hybridized carbons (Fsp3) is 0.379. The number of pyridine rings is 2. The first-order valence-corrected chi connectivity index (χ1v) is 27.9. The Morgan fingerprint density at radius 2 is 1.80 bits per heavy atom. The molecule has 2 bridgehead atoms. The minimum Gasteiger partial charge on any atom is -0.461 e. The molecule has 3 aromatic carbocycles. The lowest BCUT2D eigenvalue weighted by Crippen LogP contribution is -2.57. The van der Waals surface area contributed by atoms with E-state index in [0.29, 0.717) is 65.2 Å². The minimum atomic E-state index is -1.53. The van der Waals surface area contributed by atoms with E-state index in [0.717, 1.165) is 68.5 Å². The van der Waals surface area contributed by atoms with Crippen molar-refractivity contribution in [2.45, 2.75) is 102 Å². The van der Waals surface area contributed by atoms with Gasteiger partial charge in [0.05, 0.1) is 73.7 Å². The van der Waals surface area contributed by atoms with Gasteiger partial charge in [-0.2, -0.15) is 15.2 Å². The molecule has 13 rings (SSSR count). The van der Waals surface area contributed by atoms with Crippen molar-refractivity contribution in [1.29, 1.82) is 5.26 Å². The number of halogens is 4. The van der Waals surface area contributed by atoms with Crippen LogP contribution in [0.15, 0.2) is 59.4 Å². The number of nitriles is 1. The number of piperazine rings is 1. The van der Waals surface area contributed by atoms with Gasteiger partial charge < -0.3 is 44.7 Å². The molecule has 7 aromatic rings. The number of ether oxygens (including phenoxy) is 3. The van der Waals surface area contributed by atoms with Crippen molar-refractivity contribution < 1.29 is 46.9 Å². The number of anilines is 3. The van der Waals surface area contributed by atoms with Gasteiger partial charge in [-0.25, -0.2) is 22.9 Å². The van der Waals surface area contributed by atoms with Crippen molar-refractivity contribution in [3.63, 3.8) is 0 Å². The van der Waals surface area contributed by atoms with E-state index in [9.17, 15) is 38.3 Å². The number of carbonyl (C=O) groups is 3. The highest BCUT2D eigenvalue weighted by atomic mass is 35.5. The molecule has 0 saturated carbocycles. The number of esters is 1. The smallest absolute Gasteiger partial charge is 0.340 e. The summed E-state index contributed by atoms with van der Waals surface area (Å²) in [6.07, 6.45) is 4.27. The van der Waals surface area contributed by atoms with Crippen LogP contribution in [0.2, 0.25) is 5.02 Å². The van der Waals surface area contributed by atoms with E-state index in [-0.39, 0.29) is 107 Å². The quantitative estimate of drug-likeness (QED) is 0.0659. The van der Waals surface area contributed by atoms with E-state index in [1.54, 1.807) is 32.2 Å². The topological polar surface area (TPSA) is 231 Å². The van der Waals surface area contributed by atoms with Gasteiger partial charge in [0.2, 0.25) is 6.41 Å². The Kier molecular flexibility index (Phi) is 14.8. The van der Waals surface area contributed by atoms with Crippen LogP contribution in [0.3, 0.4) is 0 Å². The molecule has 4 fully saturated rings. The summed E-state index contributed by atoms with van der Waals surface area (Å²) in [5.74, 6) is -2.41. The number of fused-ring (bicyclic) bond motifs is 10. The predicted octanol–water partition coefficient (Wildman–Crippen LogP) is 8.92. The van der Waals surface area contributed by atoms with Crippen LogP contribution < -0.4 is 26.2 Å². The molecule has 0 radical (unpaired) electrons. The van der Waals surface area contributed by atoms with E-state index < -0.39 is 35.6 Å². The van der Waals surface area contributed by atoms with Crippen molar-refractivity contribution >= 4 is 89.6 Å². The summed E-state index contributed by atoms with van der Waals surface area (Å²) in [7, 11) is 1.55. The lowest BCUT2D eigenvalue weighted by molar-refractivity contribution is -0.157. The summed E-state index contributed by atoms with van der Waals surface area (Å²) in [6, 6.07) is 12.1. The molecule has 23 heteroatoms. The summed E-state index contributed by atoms with van der Waals surface area (Å²) in [5, 5.41) is 23.7. The van der Waals surface area contributed by atoms with Crippen molar-refractivity contribution in [3.8, 4) is 34.6 Å². The number of nitrogens with one attached hydrogen (secondary N) is 1. The van der Waals surface area contributed by atoms with Gasteiger partial charge in [0, 0.05) is 64.7 Å². The number of thiophene rings is 1. The van der Waals surface area contributed by atoms with E-state index in [2.05, 4.69) is 37.7 Å². The predicted molar refractivity (Wildman–Crippen MR) is 300 cm³/mol. The summed E-state index contributed by atoms with van der Waals surface area (Å²) in [5.41, 5.74) is 8.82. The average Bonchev–Trinajstić information content (AvgIpc) is 4.39.